The number of nitrogen functional groups attached to an aromatic ring is 1. The molecule has 1 saturated heterocycles. The Balaban J connectivity index is 2.12. The highest BCUT2D eigenvalue weighted by Crippen LogP contribution is 2.21. The number of nitrogens with one attached hydrogen (secondary N) is 1. The van der Waals surface area contributed by atoms with Gasteiger partial charge in [0.1, 0.15) is 4.90 Å². The SMILES string of the molecule is CCCn1cc(S(=O)(=O)NCC2CCCS2(=O)=O)c(N)n1. The van der Waals surface area contributed by atoms with Gasteiger partial charge in [0, 0.05) is 19.3 Å². The number of aromatic nitrogens is 2. The molecule has 0 saturated carbocycles. The topological polar surface area (TPSA) is 124 Å². The summed E-state index contributed by atoms with van der Waals surface area (Å²) in [6.07, 6.45) is 3.22. The average Bonchev–Trinajstić information content (AvgIpc) is 2.90. The van der Waals surface area contributed by atoms with Gasteiger partial charge in [-0.15, -0.1) is 0 Å². The molecule has 1 aliphatic heterocycles. The van der Waals surface area contributed by atoms with Crippen molar-refractivity contribution in [1.29, 1.82) is 0 Å². The molecule has 1 aromatic rings. The molecule has 0 amide bonds. The van der Waals surface area contributed by atoms with Crippen LogP contribution in [-0.2, 0) is 26.4 Å². The Kier molecular flexibility index (Phi) is 4.59. The number of rotatable bonds is 6. The van der Waals surface area contributed by atoms with Crippen LogP contribution in [0.4, 0.5) is 5.82 Å². The highest BCUT2D eigenvalue weighted by molar-refractivity contribution is 7.92. The molecule has 1 atom stereocenters. The fourth-order valence-corrected chi connectivity index (χ4v) is 5.36. The zero-order chi connectivity index (χ0) is 15.7. The van der Waals surface area contributed by atoms with E-state index in [1.54, 1.807) is 0 Å². The monoisotopic (exact) mass is 336 g/mol. The van der Waals surface area contributed by atoms with E-state index in [2.05, 4.69) is 9.82 Å². The first-order chi connectivity index (χ1) is 9.76. The number of hydrogen-bond acceptors (Lipinski definition) is 6. The van der Waals surface area contributed by atoms with Crippen molar-refractivity contribution in [3.05, 3.63) is 6.20 Å². The summed E-state index contributed by atoms with van der Waals surface area (Å²) in [5.74, 6) is 0.0425. The van der Waals surface area contributed by atoms with Gasteiger partial charge in [0.25, 0.3) is 0 Å². The third-order valence-corrected chi connectivity index (χ3v) is 7.18. The van der Waals surface area contributed by atoms with Crippen LogP contribution in [0.3, 0.4) is 0 Å². The summed E-state index contributed by atoms with van der Waals surface area (Å²) in [6.45, 7) is 2.38. The molecule has 1 fully saturated rings. The molecule has 0 aliphatic carbocycles. The number of nitrogens with zero attached hydrogens (tertiary/aromatic N) is 2. The van der Waals surface area contributed by atoms with Gasteiger partial charge in [-0.1, -0.05) is 6.92 Å². The maximum atomic E-state index is 12.2. The van der Waals surface area contributed by atoms with E-state index in [9.17, 15) is 16.8 Å². The first kappa shape index (κ1) is 16.2. The van der Waals surface area contributed by atoms with Crippen LogP contribution in [0.1, 0.15) is 26.2 Å². The normalized spacial score (nSPS) is 21.7. The minimum absolute atomic E-state index is 0.0785. The molecule has 2 rings (SSSR count). The standard InChI is InChI=1S/C11H20N4O4S2/c1-2-5-15-8-10(11(12)14-15)21(18,19)13-7-9-4-3-6-20(9,16)17/h8-9,13H,2-7H2,1H3,(H2,12,14). The summed E-state index contributed by atoms with van der Waals surface area (Å²) in [4.78, 5) is -0.105. The van der Waals surface area contributed by atoms with Gasteiger partial charge in [-0.25, -0.2) is 21.6 Å². The van der Waals surface area contributed by atoms with Gasteiger partial charge in [0.15, 0.2) is 15.7 Å². The Labute approximate surface area is 124 Å². The van der Waals surface area contributed by atoms with Crippen LogP contribution in [0.5, 0.6) is 0 Å². The number of nitrogens with two attached hydrogens (primary N) is 1. The molecular weight excluding hydrogens is 316 g/mol. The second-order valence-electron chi connectivity index (χ2n) is 5.12. The lowest BCUT2D eigenvalue weighted by atomic mass is 10.2. The summed E-state index contributed by atoms with van der Waals surface area (Å²) in [7, 11) is -7.03. The van der Waals surface area contributed by atoms with Crippen LogP contribution in [-0.4, -0.2) is 44.2 Å². The Hall–Kier alpha value is -1.13. The Morgan fingerprint density at radius 1 is 1.52 bits per heavy atom. The van der Waals surface area contributed by atoms with Gasteiger partial charge in [-0.2, -0.15) is 5.10 Å². The number of sulfonamides is 1. The first-order valence-corrected chi connectivity index (χ1v) is 10.0. The summed E-state index contributed by atoms with van der Waals surface area (Å²) >= 11 is 0. The van der Waals surface area contributed by atoms with Gasteiger partial charge in [0.05, 0.1) is 11.0 Å². The second kappa shape index (κ2) is 5.93. The number of hydrogen-bond donors (Lipinski definition) is 2. The Morgan fingerprint density at radius 3 is 2.81 bits per heavy atom. The number of anilines is 1. The van der Waals surface area contributed by atoms with Crippen LogP contribution in [0, 0.1) is 0 Å². The molecule has 2 heterocycles. The molecule has 10 heteroatoms. The smallest absolute Gasteiger partial charge is 0.245 e. The first-order valence-electron chi connectivity index (χ1n) is 6.80. The van der Waals surface area contributed by atoms with Crippen molar-refractivity contribution >= 4 is 25.7 Å². The van der Waals surface area contributed by atoms with Crippen molar-refractivity contribution in [1.82, 2.24) is 14.5 Å². The van der Waals surface area contributed by atoms with Gasteiger partial charge < -0.3 is 5.73 Å². The van der Waals surface area contributed by atoms with E-state index in [0.29, 0.717) is 19.4 Å². The minimum Gasteiger partial charge on any atom is -0.381 e. The molecule has 0 bridgehead atoms. The number of sulfone groups is 1. The molecule has 1 aliphatic rings. The maximum Gasteiger partial charge on any atom is 0.245 e. The lowest BCUT2D eigenvalue weighted by molar-refractivity contribution is 0.570. The van der Waals surface area contributed by atoms with Crippen LogP contribution in [0.25, 0.3) is 0 Å². The minimum atomic E-state index is -3.85. The van der Waals surface area contributed by atoms with Crippen LogP contribution in [0.15, 0.2) is 11.1 Å². The van der Waals surface area contributed by atoms with Crippen molar-refractivity contribution in [2.45, 2.75) is 42.9 Å². The second-order valence-corrected chi connectivity index (χ2v) is 9.26. The molecule has 0 spiro atoms. The zero-order valence-corrected chi connectivity index (χ0v) is 13.5. The fraction of sp³-hybridized carbons (Fsp3) is 0.727. The molecular formula is C11H20N4O4S2. The van der Waals surface area contributed by atoms with Gasteiger partial charge in [-0.3, -0.25) is 4.68 Å². The predicted octanol–water partition coefficient (Wildman–Crippen LogP) is -0.269. The summed E-state index contributed by atoms with van der Waals surface area (Å²) in [5.41, 5.74) is 5.63. The maximum absolute atomic E-state index is 12.2. The van der Waals surface area contributed by atoms with E-state index in [-0.39, 0.29) is 23.0 Å². The van der Waals surface area contributed by atoms with E-state index >= 15 is 0 Å². The molecule has 1 unspecified atom stereocenters. The zero-order valence-electron chi connectivity index (χ0n) is 11.8. The quantitative estimate of drug-likeness (QED) is 0.737. The van der Waals surface area contributed by atoms with Gasteiger partial charge in [-0.05, 0) is 19.3 Å². The summed E-state index contributed by atoms with van der Waals surface area (Å²) in [6, 6.07) is 0. The molecule has 0 radical (unpaired) electrons. The molecule has 1 aromatic heterocycles. The summed E-state index contributed by atoms with van der Waals surface area (Å²) < 4.78 is 51.6. The van der Waals surface area contributed by atoms with Crippen molar-refractivity contribution in [3.63, 3.8) is 0 Å². The van der Waals surface area contributed by atoms with E-state index in [4.69, 9.17) is 5.73 Å². The van der Waals surface area contributed by atoms with Crippen LogP contribution in [0.2, 0.25) is 0 Å². The van der Waals surface area contributed by atoms with Crippen molar-refractivity contribution in [3.8, 4) is 0 Å². The number of aryl methyl sites for hydroxylation is 1. The van der Waals surface area contributed by atoms with E-state index in [1.807, 2.05) is 6.92 Å². The lowest BCUT2D eigenvalue weighted by Crippen LogP contribution is -2.34. The van der Waals surface area contributed by atoms with Crippen LogP contribution >= 0.6 is 0 Å². The summed E-state index contributed by atoms with van der Waals surface area (Å²) in [5, 5.41) is 3.28. The molecule has 0 aromatic carbocycles. The molecule has 3 N–H and O–H groups in total. The fourth-order valence-electron chi connectivity index (χ4n) is 2.34. The highest BCUT2D eigenvalue weighted by Gasteiger charge is 2.32. The van der Waals surface area contributed by atoms with Gasteiger partial charge in [0.2, 0.25) is 10.0 Å². The largest absolute Gasteiger partial charge is 0.381 e. The van der Waals surface area contributed by atoms with E-state index in [1.165, 1.54) is 10.9 Å². The van der Waals surface area contributed by atoms with Crippen molar-refractivity contribution in [2.75, 3.05) is 18.0 Å². The third kappa shape index (κ3) is 3.55. The van der Waals surface area contributed by atoms with Gasteiger partial charge >= 0.3 is 0 Å². The van der Waals surface area contributed by atoms with Crippen molar-refractivity contribution in [2.24, 2.45) is 0 Å². The Morgan fingerprint density at radius 2 is 2.24 bits per heavy atom. The third-order valence-electron chi connectivity index (χ3n) is 3.46. The van der Waals surface area contributed by atoms with E-state index < -0.39 is 25.1 Å². The lowest BCUT2D eigenvalue weighted by Gasteiger charge is -2.10. The predicted molar refractivity (Wildman–Crippen MR) is 78.9 cm³/mol. The van der Waals surface area contributed by atoms with Crippen LogP contribution < -0.4 is 10.5 Å². The van der Waals surface area contributed by atoms with E-state index in [0.717, 1.165) is 6.42 Å². The molecule has 8 nitrogen and oxygen atoms in total. The highest BCUT2D eigenvalue weighted by atomic mass is 32.2. The van der Waals surface area contributed by atoms with Crippen molar-refractivity contribution < 1.29 is 16.8 Å². The Bertz CT molecular complexity index is 709. The average molecular weight is 336 g/mol. The molecule has 21 heavy (non-hydrogen) atoms. The molecule has 120 valence electrons.